The molecule has 3 atom stereocenters. The van der Waals surface area contributed by atoms with Crippen molar-refractivity contribution >= 4 is 28.1 Å². The molecule has 118 valence electrons. The quantitative estimate of drug-likeness (QED) is 0.653. The fourth-order valence-electron chi connectivity index (χ4n) is 3.85. The monoisotopic (exact) mass is 364 g/mol. The summed E-state index contributed by atoms with van der Waals surface area (Å²) in [5.74, 6) is 1.55. The Hall–Kier alpha value is -1.36. The normalized spacial score (nSPS) is 30.0. The molecule has 0 unspecified atom stereocenters. The molecule has 1 aromatic rings. The van der Waals surface area contributed by atoms with E-state index in [0.29, 0.717) is 5.92 Å². The third kappa shape index (κ3) is 2.78. The highest BCUT2D eigenvalue weighted by Crippen LogP contribution is 2.66. The molecule has 1 amide bonds. The van der Waals surface area contributed by atoms with Crippen LogP contribution in [-0.4, -0.2) is 19.2 Å². The second-order valence-electron chi connectivity index (χ2n) is 6.46. The van der Waals surface area contributed by atoms with Gasteiger partial charge in [-0.25, -0.2) is 5.43 Å². The van der Waals surface area contributed by atoms with Crippen molar-refractivity contribution in [1.29, 1.82) is 0 Å². The van der Waals surface area contributed by atoms with Crippen LogP contribution in [0, 0.1) is 17.3 Å². The first-order chi connectivity index (χ1) is 10.6. The summed E-state index contributed by atoms with van der Waals surface area (Å²) in [5.41, 5.74) is 3.84. The van der Waals surface area contributed by atoms with E-state index in [1.54, 1.807) is 13.3 Å². The van der Waals surface area contributed by atoms with Gasteiger partial charge >= 0.3 is 0 Å². The highest BCUT2D eigenvalue weighted by atomic mass is 79.9. The zero-order chi connectivity index (χ0) is 15.7. The van der Waals surface area contributed by atoms with Crippen LogP contribution in [0.3, 0.4) is 0 Å². The van der Waals surface area contributed by atoms with Crippen molar-refractivity contribution in [1.82, 2.24) is 5.43 Å². The molecule has 0 saturated heterocycles. The topological polar surface area (TPSA) is 50.7 Å². The van der Waals surface area contributed by atoms with Gasteiger partial charge in [0.25, 0.3) is 0 Å². The van der Waals surface area contributed by atoms with E-state index in [9.17, 15) is 4.79 Å². The number of halogens is 1. The van der Waals surface area contributed by atoms with E-state index in [1.807, 2.05) is 18.2 Å². The van der Waals surface area contributed by atoms with Gasteiger partial charge < -0.3 is 4.74 Å². The van der Waals surface area contributed by atoms with E-state index in [-0.39, 0.29) is 17.2 Å². The van der Waals surface area contributed by atoms with Crippen molar-refractivity contribution in [2.45, 2.75) is 32.6 Å². The molecule has 22 heavy (non-hydrogen) atoms. The summed E-state index contributed by atoms with van der Waals surface area (Å²) < 4.78 is 6.05. The molecular weight excluding hydrogens is 344 g/mol. The smallest absolute Gasteiger partial charge is 0.244 e. The van der Waals surface area contributed by atoms with E-state index >= 15 is 0 Å². The number of amides is 1. The molecule has 3 rings (SSSR count). The maximum Gasteiger partial charge on any atom is 0.244 e. The van der Waals surface area contributed by atoms with Gasteiger partial charge in [-0.1, -0.05) is 19.8 Å². The average molecular weight is 365 g/mol. The summed E-state index contributed by atoms with van der Waals surface area (Å²) in [5, 5.41) is 4.10. The van der Waals surface area contributed by atoms with Crippen LogP contribution >= 0.6 is 15.9 Å². The van der Waals surface area contributed by atoms with Crippen LogP contribution in [0.15, 0.2) is 27.8 Å². The third-order valence-electron chi connectivity index (χ3n) is 5.18. The SMILES string of the molecule is COc1ccc(/C=N\NC(=O)[C@H]2[C@@H]3CCCC[C@]32C)cc1Br. The van der Waals surface area contributed by atoms with E-state index in [0.717, 1.165) is 15.8 Å². The van der Waals surface area contributed by atoms with Crippen molar-refractivity contribution < 1.29 is 9.53 Å². The van der Waals surface area contributed by atoms with Gasteiger partial charge in [-0.15, -0.1) is 0 Å². The van der Waals surface area contributed by atoms with E-state index in [2.05, 4.69) is 33.4 Å². The molecule has 4 nitrogen and oxygen atoms in total. The number of nitrogens with one attached hydrogen (secondary N) is 1. The molecule has 1 aromatic carbocycles. The fraction of sp³-hybridized carbons (Fsp3) is 0.529. The van der Waals surface area contributed by atoms with Crippen LogP contribution in [0.2, 0.25) is 0 Å². The highest BCUT2D eigenvalue weighted by Gasteiger charge is 2.64. The molecule has 2 aliphatic carbocycles. The number of benzene rings is 1. The van der Waals surface area contributed by atoms with Gasteiger partial charge in [-0.05, 0) is 63.9 Å². The van der Waals surface area contributed by atoms with Crippen LogP contribution in [-0.2, 0) is 4.79 Å². The molecule has 0 aliphatic heterocycles. The second-order valence-corrected chi connectivity index (χ2v) is 7.32. The third-order valence-corrected chi connectivity index (χ3v) is 5.80. The summed E-state index contributed by atoms with van der Waals surface area (Å²) in [6.45, 7) is 2.24. The number of hydrogen-bond donors (Lipinski definition) is 1. The number of hydrazone groups is 1. The van der Waals surface area contributed by atoms with Crippen LogP contribution in [0.25, 0.3) is 0 Å². The fourth-order valence-corrected chi connectivity index (χ4v) is 4.41. The van der Waals surface area contributed by atoms with Crippen LogP contribution in [0.4, 0.5) is 0 Å². The van der Waals surface area contributed by atoms with Gasteiger partial charge in [0.15, 0.2) is 0 Å². The molecule has 0 spiro atoms. The van der Waals surface area contributed by atoms with Crippen molar-refractivity contribution in [2.24, 2.45) is 22.4 Å². The van der Waals surface area contributed by atoms with Crippen molar-refractivity contribution in [3.63, 3.8) is 0 Å². The van der Waals surface area contributed by atoms with Crippen molar-refractivity contribution in [3.05, 3.63) is 28.2 Å². The van der Waals surface area contributed by atoms with Crippen LogP contribution in [0.1, 0.15) is 38.2 Å². The van der Waals surface area contributed by atoms with Gasteiger partial charge in [0.05, 0.1) is 17.8 Å². The Kier molecular flexibility index (Phi) is 4.26. The summed E-state index contributed by atoms with van der Waals surface area (Å²) in [6.07, 6.45) is 6.53. The Balaban J connectivity index is 1.58. The zero-order valence-electron chi connectivity index (χ0n) is 12.9. The first-order valence-electron chi connectivity index (χ1n) is 7.73. The van der Waals surface area contributed by atoms with Crippen molar-refractivity contribution in [2.75, 3.05) is 7.11 Å². The predicted octanol–water partition coefficient (Wildman–Crippen LogP) is 3.73. The van der Waals surface area contributed by atoms with E-state index in [1.165, 1.54) is 25.7 Å². The molecule has 2 fully saturated rings. The van der Waals surface area contributed by atoms with Gasteiger partial charge in [-0.2, -0.15) is 5.10 Å². The Bertz CT molecular complexity index is 617. The second kappa shape index (κ2) is 6.03. The maximum atomic E-state index is 12.3. The number of rotatable bonds is 4. The molecule has 5 heteroatoms. The molecule has 0 aromatic heterocycles. The van der Waals surface area contributed by atoms with Gasteiger partial charge in [0.2, 0.25) is 5.91 Å². The van der Waals surface area contributed by atoms with E-state index < -0.39 is 0 Å². The molecule has 1 N–H and O–H groups in total. The molecule has 2 saturated carbocycles. The number of ether oxygens (including phenoxy) is 1. The standard InChI is InChI=1S/C17H21BrN2O2/c1-17-8-4-3-5-12(17)15(17)16(21)20-19-10-11-6-7-14(22-2)13(18)9-11/h6-7,9-10,12,15H,3-5,8H2,1-2H3,(H,20,21)/b19-10-/t12-,15+,17+/m0/s1. The number of carbonyl (C=O) groups is 1. The molecule has 0 radical (unpaired) electrons. The number of nitrogens with zero attached hydrogens (tertiary/aromatic N) is 1. The lowest BCUT2D eigenvalue weighted by Crippen LogP contribution is -2.22. The highest BCUT2D eigenvalue weighted by molar-refractivity contribution is 9.10. The zero-order valence-corrected chi connectivity index (χ0v) is 14.5. The number of fused-ring (bicyclic) bond motifs is 1. The minimum atomic E-state index is 0.0678. The molecule has 2 aliphatic rings. The summed E-state index contributed by atoms with van der Waals surface area (Å²) in [4.78, 5) is 12.3. The minimum absolute atomic E-state index is 0.0678. The summed E-state index contributed by atoms with van der Waals surface area (Å²) in [6, 6.07) is 5.67. The first-order valence-corrected chi connectivity index (χ1v) is 8.52. The minimum Gasteiger partial charge on any atom is -0.496 e. The van der Waals surface area contributed by atoms with Crippen molar-refractivity contribution in [3.8, 4) is 5.75 Å². The Morgan fingerprint density at radius 2 is 2.32 bits per heavy atom. The van der Waals surface area contributed by atoms with Gasteiger partial charge in [0, 0.05) is 5.92 Å². The van der Waals surface area contributed by atoms with Gasteiger partial charge in [-0.3, -0.25) is 4.79 Å². The lowest BCUT2D eigenvalue weighted by atomic mass is 9.90. The largest absolute Gasteiger partial charge is 0.496 e. The molecular formula is C17H21BrN2O2. The first kappa shape index (κ1) is 15.5. The predicted molar refractivity (Wildman–Crippen MR) is 90.0 cm³/mol. The van der Waals surface area contributed by atoms with Crippen LogP contribution in [0.5, 0.6) is 5.75 Å². The van der Waals surface area contributed by atoms with E-state index in [4.69, 9.17) is 4.74 Å². The maximum absolute atomic E-state index is 12.3. The number of hydrogen-bond acceptors (Lipinski definition) is 3. The Morgan fingerprint density at radius 3 is 2.95 bits per heavy atom. The molecule has 0 heterocycles. The number of carbonyl (C=O) groups excluding carboxylic acids is 1. The lowest BCUT2D eigenvalue weighted by molar-refractivity contribution is -0.123. The Labute approximate surface area is 139 Å². The summed E-state index contributed by atoms with van der Waals surface area (Å²) >= 11 is 3.44. The van der Waals surface area contributed by atoms with Crippen LogP contribution < -0.4 is 10.2 Å². The molecule has 0 bridgehead atoms. The Morgan fingerprint density at radius 1 is 1.50 bits per heavy atom. The number of methoxy groups -OCH3 is 1. The lowest BCUT2D eigenvalue weighted by Gasteiger charge is -2.15. The average Bonchev–Trinajstić information content (AvgIpc) is 3.13. The van der Waals surface area contributed by atoms with Gasteiger partial charge in [0.1, 0.15) is 5.75 Å². The summed E-state index contributed by atoms with van der Waals surface area (Å²) in [7, 11) is 1.63.